The van der Waals surface area contributed by atoms with Gasteiger partial charge in [-0.05, 0) is 36.8 Å². The molecule has 0 radical (unpaired) electrons. The summed E-state index contributed by atoms with van der Waals surface area (Å²) in [6, 6.07) is 16.0. The third-order valence-corrected chi connectivity index (χ3v) is 4.13. The first-order valence-corrected chi connectivity index (χ1v) is 8.71. The van der Waals surface area contributed by atoms with Crippen LogP contribution in [-0.4, -0.2) is 30.0 Å². The number of anilines is 3. The molecular weight excluding hydrogens is 338 g/mol. The smallest absolute Gasteiger partial charge is 0.254 e. The number of carbonyl (C=O) groups excluding carboxylic acids is 1. The van der Waals surface area contributed by atoms with E-state index in [2.05, 4.69) is 20.6 Å². The predicted octanol–water partition coefficient (Wildman–Crippen LogP) is 3.52. The Morgan fingerprint density at radius 3 is 2.19 bits per heavy atom. The zero-order chi connectivity index (χ0) is 19.2. The fourth-order valence-electron chi connectivity index (χ4n) is 2.47. The molecule has 0 aliphatic carbocycles. The van der Waals surface area contributed by atoms with Crippen LogP contribution in [0.4, 0.5) is 17.3 Å². The minimum absolute atomic E-state index is 0.197. The van der Waals surface area contributed by atoms with E-state index >= 15 is 0 Å². The molecule has 6 heteroatoms. The molecule has 27 heavy (non-hydrogen) atoms. The van der Waals surface area contributed by atoms with Crippen molar-refractivity contribution in [3.8, 4) is 0 Å². The highest BCUT2D eigenvalue weighted by atomic mass is 16.1. The standard InChI is InChI=1S/C21H23N5O/c1-15-4-6-16(7-5-15)12-22-20(27)17-13-23-21(24-14-17)25-18-8-10-19(11-9-18)26(2)3/h4-11,13-14H,12H2,1-3H3,(H,22,27)(H,23,24,25). The predicted molar refractivity (Wildman–Crippen MR) is 108 cm³/mol. The van der Waals surface area contributed by atoms with Crippen LogP contribution in [0.3, 0.4) is 0 Å². The normalized spacial score (nSPS) is 10.3. The highest BCUT2D eigenvalue weighted by Gasteiger charge is 2.07. The van der Waals surface area contributed by atoms with E-state index in [0.29, 0.717) is 18.1 Å². The van der Waals surface area contributed by atoms with Gasteiger partial charge < -0.3 is 15.5 Å². The summed E-state index contributed by atoms with van der Waals surface area (Å²) < 4.78 is 0. The van der Waals surface area contributed by atoms with Crippen LogP contribution in [0.15, 0.2) is 60.9 Å². The maximum Gasteiger partial charge on any atom is 0.254 e. The van der Waals surface area contributed by atoms with Crippen LogP contribution in [0.25, 0.3) is 0 Å². The number of benzene rings is 2. The number of hydrogen-bond donors (Lipinski definition) is 2. The number of nitrogens with one attached hydrogen (secondary N) is 2. The Hall–Kier alpha value is -3.41. The summed E-state index contributed by atoms with van der Waals surface area (Å²) >= 11 is 0. The molecule has 3 aromatic rings. The van der Waals surface area contributed by atoms with E-state index in [0.717, 1.165) is 16.9 Å². The van der Waals surface area contributed by atoms with Crippen LogP contribution >= 0.6 is 0 Å². The lowest BCUT2D eigenvalue weighted by Gasteiger charge is -2.13. The third kappa shape index (κ3) is 5.04. The van der Waals surface area contributed by atoms with Crippen LogP contribution in [-0.2, 0) is 6.54 Å². The molecule has 0 aliphatic rings. The minimum Gasteiger partial charge on any atom is -0.378 e. The molecule has 0 bridgehead atoms. The van der Waals surface area contributed by atoms with Crippen molar-refractivity contribution in [2.75, 3.05) is 24.3 Å². The average Bonchev–Trinajstić information content (AvgIpc) is 2.68. The molecule has 0 aliphatic heterocycles. The van der Waals surface area contributed by atoms with E-state index in [1.807, 2.05) is 74.4 Å². The summed E-state index contributed by atoms with van der Waals surface area (Å²) in [5.74, 6) is 0.250. The third-order valence-electron chi connectivity index (χ3n) is 4.13. The number of hydrogen-bond acceptors (Lipinski definition) is 5. The summed E-state index contributed by atoms with van der Waals surface area (Å²) in [5, 5.41) is 6.00. The van der Waals surface area contributed by atoms with E-state index in [-0.39, 0.29) is 5.91 Å². The summed E-state index contributed by atoms with van der Waals surface area (Å²) in [4.78, 5) is 22.7. The molecule has 3 rings (SSSR count). The van der Waals surface area contributed by atoms with Crippen molar-refractivity contribution in [3.05, 3.63) is 77.6 Å². The second kappa shape index (κ2) is 8.31. The first kappa shape index (κ1) is 18.4. The SMILES string of the molecule is Cc1ccc(CNC(=O)c2cnc(Nc3ccc(N(C)C)cc3)nc2)cc1. The fraction of sp³-hybridized carbons (Fsp3) is 0.190. The zero-order valence-corrected chi connectivity index (χ0v) is 15.7. The molecule has 1 heterocycles. The first-order chi connectivity index (χ1) is 13.0. The van der Waals surface area contributed by atoms with Gasteiger partial charge in [-0.3, -0.25) is 4.79 Å². The molecule has 0 spiro atoms. The number of rotatable bonds is 6. The molecule has 2 N–H and O–H groups in total. The summed E-state index contributed by atoms with van der Waals surface area (Å²) in [6.07, 6.45) is 3.04. The maximum atomic E-state index is 12.2. The van der Waals surface area contributed by atoms with Gasteiger partial charge in [0, 0.05) is 44.4 Å². The number of carbonyl (C=O) groups is 1. The van der Waals surface area contributed by atoms with Crippen molar-refractivity contribution in [2.45, 2.75) is 13.5 Å². The number of aromatic nitrogens is 2. The van der Waals surface area contributed by atoms with Crippen molar-refractivity contribution in [1.29, 1.82) is 0 Å². The van der Waals surface area contributed by atoms with Gasteiger partial charge in [-0.1, -0.05) is 29.8 Å². The van der Waals surface area contributed by atoms with Gasteiger partial charge in [-0.2, -0.15) is 0 Å². The molecule has 0 atom stereocenters. The van der Waals surface area contributed by atoms with Gasteiger partial charge >= 0.3 is 0 Å². The molecule has 2 aromatic carbocycles. The second-order valence-electron chi connectivity index (χ2n) is 6.53. The quantitative estimate of drug-likeness (QED) is 0.703. The highest BCUT2D eigenvalue weighted by molar-refractivity contribution is 5.93. The van der Waals surface area contributed by atoms with Gasteiger partial charge in [-0.15, -0.1) is 0 Å². The monoisotopic (exact) mass is 361 g/mol. The maximum absolute atomic E-state index is 12.2. The minimum atomic E-state index is -0.197. The number of nitrogens with zero attached hydrogens (tertiary/aromatic N) is 3. The van der Waals surface area contributed by atoms with Crippen molar-refractivity contribution >= 4 is 23.2 Å². The van der Waals surface area contributed by atoms with Crippen molar-refractivity contribution < 1.29 is 4.79 Å². The van der Waals surface area contributed by atoms with Crippen LogP contribution in [0.5, 0.6) is 0 Å². The van der Waals surface area contributed by atoms with Gasteiger partial charge in [0.2, 0.25) is 5.95 Å². The highest BCUT2D eigenvalue weighted by Crippen LogP contribution is 2.18. The van der Waals surface area contributed by atoms with Crippen LogP contribution in [0, 0.1) is 6.92 Å². The number of amides is 1. The molecule has 6 nitrogen and oxygen atoms in total. The Morgan fingerprint density at radius 1 is 0.963 bits per heavy atom. The van der Waals surface area contributed by atoms with E-state index < -0.39 is 0 Å². The van der Waals surface area contributed by atoms with Crippen LogP contribution < -0.4 is 15.5 Å². The summed E-state index contributed by atoms with van der Waals surface area (Å²) in [7, 11) is 3.99. The molecule has 138 valence electrons. The van der Waals surface area contributed by atoms with Crippen LogP contribution in [0.1, 0.15) is 21.5 Å². The fourth-order valence-corrected chi connectivity index (χ4v) is 2.47. The lowest BCUT2D eigenvalue weighted by Crippen LogP contribution is -2.23. The Balaban J connectivity index is 1.57. The zero-order valence-electron chi connectivity index (χ0n) is 15.7. The van der Waals surface area contributed by atoms with Crippen molar-refractivity contribution in [1.82, 2.24) is 15.3 Å². The Labute approximate surface area is 159 Å². The summed E-state index contributed by atoms with van der Waals surface area (Å²) in [5.41, 5.74) is 4.67. The molecule has 0 unspecified atom stereocenters. The molecular formula is C21H23N5O. The molecule has 0 saturated carbocycles. The van der Waals surface area contributed by atoms with E-state index in [4.69, 9.17) is 0 Å². The average molecular weight is 361 g/mol. The summed E-state index contributed by atoms with van der Waals surface area (Å²) in [6.45, 7) is 2.50. The van der Waals surface area contributed by atoms with Crippen molar-refractivity contribution in [3.63, 3.8) is 0 Å². The second-order valence-corrected chi connectivity index (χ2v) is 6.53. The Morgan fingerprint density at radius 2 is 1.59 bits per heavy atom. The lowest BCUT2D eigenvalue weighted by molar-refractivity contribution is 0.0950. The van der Waals surface area contributed by atoms with Gasteiger partial charge in [0.25, 0.3) is 5.91 Å². The topological polar surface area (TPSA) is 70.2 Å². The van der Waals surface area contributed by atoms with Crippen LogP contribution in [0.2, 0.25) is 0 Å². The van der Waals surface area contributed by atoms with E-state index in [9.17, 15) is 4.79 Å². The van der Waals surface area contributed by atoms with Gasteiger partial charge in [0.15, 0.2) is 0 Å². The Kier molecular flexibility index (Phi) is 5.66. The Bertz CT molecular complexity index is 887. The number of aryl methyl sites for hydroxylation is 1. The van der Waals surface area contributed by atoms with Gasteiger partial charge in [0.05, 0.1) is 5.56 Å². The molecule has 0 fully saturated rings. The van der Waals surface area contributed by atoms with E-state index in [1.54, 1.807) is 0 Å². The largest absolute Gasteiger partial charge is 0.378 e. The van der Waals surface area contributed by atoms with Crippen molar-refractivity contribution in [2.24, 2.45) is 0 Å². The van der Waals surface area contributed by atoms with Gasteiger partial charge in [-0.25, -0.2) is 9.97 Å². The molecule has 0 saturated heterocycles. The van der Waals surface area contributed by atoms with E-state index in [1.165, 1.54) is 18.0 Å². The molecule has 1 aromatic heterocycles. The molecule has 1 amide bonds. The van der Waals surface area contributed by atoms with Gasteiger partial charge in [0.1, 0.15) is 0 Å². The lowest BCUT2D eigenvalue weighted by atomic mass is 10.1. The first-order valence-electron chi connectivity index (χ1n) is 8.71.